The van der Waals surface area contributed by atoms with E-state index in [1.54, 1.807) is 0 Å². The van der Waals surface area contributed by atoms with Crippen LogP contribution in [0, 0.1) is 0 Å². The van der Waals surface area contributed by atoms with Gasteiger partial charge in [-0.1, -0.05) is 0 Å². The molecule has 1 aromatic rings. The van der Waals surface area contributed by atoms with Crippen molar-refractivity contribution in [3.05, 3.63) is 18.0 Å². The fourth-order valence-electron chi connectivity index (χ4n) is 1.67. The molecular weight excluding hydrogens is 260 g/mol. The SMILES string of the molecule is NNC(=O)c1cc(S(=O)(=O)N2CCOCC2)c[nH]1. The Balaban J connectivity index is 2.24. The zero-order valence-electron chi connectivity index (χ0n) is 9.55. The molecule has 8 nitrogen and oxygen atoms in total. The van der Waals surface area contributed by atoms with E-state index >= 15 is 0 Å². The first-order valence-electron chi connectivity index (χ1n) is 5.33. The van der Waals surface area contributed by atoms with Crippen LogP contribution in [-0.4, -0.2) is 49.9 Å². The van der Waals surface area contributed by atoms with Crippen LogP contribution in [0.5, 0.6) is 0 Å². The predicted molar refractivity (Wildman–Crippen MR) is 62.0 cm³/mol. The minimum atomic E-state index is -3.58. The molecule has 100 valence electrons. The summed E-state index contributed by atoms with van der Waals surface area (Å²) < 4.78 is 30.8. The molecule has 9 heteroatoms. The van der Waals surface area contributed by atoms with Gasteiger partial charge < -0.3 is 9.72 Å². The van der Waals surface area contributed by atoms with Crippen LogP contribution in [0.15, 0.2) is 17.2 Å². The van der Waals surface area contributed by atoms with Crippen molar-refractivity contribution in [3.8, 4) is 0 Å². The van der Waals surface area contributed by atoms with E-state index in [-0.39, 0.29) is 10.6 Å². The number of aromatic nitrogens is 1. The molecule has 1 aliphatic heterocycles. The molecule has 0 radical (unpaired) electrons. The molecule has 0 aliphatic carbocycles. The monoisotopic (exact) mass is 274 g/mol. The van der Waals surface area contributed by atoms with Gasteiger partial charge in [0.15, 0.2) is 0 Å². The van der Waals surface area contributed by atoms with Gasteiger partial charge in [-0.15, -0.1) is 0 Å². The Hall–Kier alpha value is -1.42. The molecule has 2 rings (SSSR count). The summed E-state index contributed by atoms with van der Waals surface area (Å²) in [5.74, 6) is 4.40. The van der Waals surface area contributed by atoms with Crippen LogP contribution in [-0.2, 0) is 14.8 Å². The quantitative estimate of drug-likeness (QED) is 0.357. The molecule has 4 N–H and O–H groups in total. The average molecular weight is 274 g/mol. The minimum Gasteiger partial charge on any atom is -0.379 e. The summed E-state index contributed by atoms with van der Waals surface area (Å²) in [7, 11) is -3.58. The molecule has 1 amide bonds. The second-order valence-electron chi connectivity index (χ2n) is 3.74. The normalized spacial score (nSPS) is 17.6. The molecule has 1 aromatic heterocycles. The highest BCUT2D eigenvalue weighted by Gasteiger charge is 2.27. The highest BCUT2D eigenvalue weighted by atomic mass is 32.2. The number of nitrogens with one attached hydrogen (secondary N) is 2. The zero-order valence-corrected chi connectivity index (χ0v) is 10.4. The van der Waals surface area contributed by atoms with E-state index in [1.165, 1.54) is 16.6 Å². The van der Waals surface area contributed by atoms with E-state index in [4.69, 9.17) is 10.6 Å². The van der Waals surface area contributed by atoms with E-state index in [2.05, 4.69) is 4.98 Å². The number of hydrazine groups is 1. The summed E-state index contributed by atoms with van der Waals surface area (Å²) in [6, 6.07) is 1.26. The maximum absolute atomic E-state index is 12.2. The second kappa shape index (κ2) is 5.06. The third-order valence-corrected chi connectivity index (χ3v) is 4.52. The minimum absolute atomic E-state index is 0.0444. The molecule has 2 heterocycles. The summed E-state index contributed by atoms with van der Waals surface area (Å²) >= 11 is 0. The second-order valence-corrected chi connectivity index (χ2v) is 5.68. The number of hydrogen-bond acceptors (Lipinski definition) is 5. The van der Waals surface area contributed by atoms with Crippen molar-refractivity contribution < 1.29 is 17.9 Å². The smallest absolute Gasteiger partial charge is 0.281 e. The highest BCUT2D eigenvalue weighted by molar-refractivity contribution is 7.89. The molecule has 1 saturated heterocycles. The Morgan fingerprint density at radius 3 is 2.72 bits per heavy atom. The molecule has 1 aliphatic rings. The van der Waals surface area contributed by atoms with Gasteiger partial charge in [0.05, 0.1) is 13.2 Å². The molecule has 1 fully saturated rings. The van der Waals surface area contributed by atoms with Crippen LogP contribution in [0.4, 0.5) is 0 Å². The lowest BCUT2D eigenvalue weighted by atomic mass is 10.4. The van der Waals surface area contributed by atoms with Crippen molar-refractivity contribution in [1.82, 2.24) is 14.7 Å². The number of nitrogens with zero attached hydrogens (tertiary/aromatic N) is 1. The highest BCUT2D eigenvalue weighted by Crippen LogP contribution is 2.17. The van der Waals surface area contributed by atoms with Crippen LogP contribution >= 0.6 is 0 Å². The van der Waals surface area contributed by atoms with Crippen molar-refractivity contribution in [2.24, 2.45) is 5.84 Å². The van der Waals surface area contributed by atoms with Gasteiger partial charge in [0.1, 0.15) is 10.6 Å². The van der Waals surface area contributed by atoms with E-state index in [0.717, 1.165) is 0 Å². The summed E-state index contributed by atoms with van der Waals surface area (Å²) in [6.07, 6.45) is 1.27. The number of morpholine rings is 1. The Bertz CT molecular complexity index is 533. The molecule has 0 atom stereocenters. The van der Waals surface area contributed by atoms with Crippen LogP contribution in [0.25, 0.3) is 0 Å². The Morgan fingerprint density at radius 2 is 2.11 bits per heavy atom. The van der Waals surface area contributed by atoms with Gasteiger partial charge in [0, 0.05) is 19.3 Å². The fraction of sp³-hybridized carbons (Fsp3) is 0.444. The van der Waals surface area contributed by atoms with E-state index < -0.39 is 15.9 Å². The van der Waals surface area contributed by atoms with Gasteiger partial charge in [-0.25, -0.2) is 14.3 Å². The third-order valence-electron chi connectivity index (χ3n) is 2.64. The van der Waals surface area contributed by atoms with Crippen molar-refractivity contribution >= 4 is 15.9 Å². The maximum atomic E-state index is 12.2. The fourth-order valence-corrected chi connectivity index (χ4v) is 3.07. The van der Waals surface area contributed by atoms with Gasteiger partial charge in [0.2, 0.25) is 10.0 Å². The van der Waals surface area contributed by atoms with Crippen LogP contribution < -0.4 is 11.3 Å². The number of carbonyl (C=O) groups is 1. The predicted octanol–water partition coefficient (Wildman–Crippen LogP) is -1.36. The number of hydrogen-bond donors (Lipinski definition) is 3. The largest absolute Gasteiger partial charge is 0.379 e. The van der Waals surface area contributed by atoms with E-state index in [1.807, 2.05) is 5.43 Å². The van der Waals surface area contributed by atoms with Crippen molar-refractivity contribution in [1.29, 1.82) is 0 Å². The summed E-state index contributed by atoms with van der Waals surface area (Å²) in [4.78, 5) is 13.9. The summed E-state index contributed by atoms with van der Waals surface area (Å²) in [5, 5.41) is 0. The number of sulfonamides is 1. The van der Waals surface area contributed by atoms with Gasteiger partial charge in [-0.05, 0) is 6.07 Å². The lowest BCUT2D eigenvalue weighted by molar-refractivity contribution is 0.0730. The number of amides is 1. The summed E-state index contributed by atoms with van der Waals surface area (Å²) in [6.45, 7) is 1.37. The molecule has 0 saturated carbocycles. The van der Waals surface area contributed by atoms with Gasteiger partial charge >= 0.3 is 0 Å². The number of carbonyl (C=O) groups excluding carboxylic acids is 1. The zero-order chi connectivity index (χ0) is 13.2. The van der Waals surface area contributed by atoms with Crippen LogP contribution in [0.3, 0.4) is 0 Å². The molecule has 0 unspecified atom stereocenters. The number of nitrogen functional groups attached to an aromatic ring is 1. The van der Waals surface area contributed by atoms with Crippen molar-refractivity contribution in [3.63, 3.8) is 0 Å². The number of rotatable bonds is 3. The van der Waals surface area contributed by atoms with Gasteiger partial charge in [-0.3, -0.25) is 10.2 Å². The Morgan fingerprint density at radius 1 is 1.44 bits per heavy atom. The number of ether oxygens (including phenoxy) is 1. The molecule has 0 aromatic carbocycles. The molecular formula is C9H14N4O4S. The number of H-pyrrole nitrogens is 1. The van der Waals surface area contributed by atoms with Crippen LogP contribution in [0.2, 0.25) is 0 Å². The standard InChI is InChI=1S/C9H14N4O4S/c10-12-9(14)8-5-7(6-11-8)18(15,16)13-1-3-17-4-2-13/h5-6,11H,1-4,10H2,(H,12,14). The van der Waals surface area contributed by atoms with E-state index in [0.29, 0.717) is 26.3 Å². The lowest BCUT2D eigenvalue weighted by Gasteiger charge is -2.25. The van der Waals surface area contributed by atoms with Crippen molar-refractivity contribution in [2.75, 3.05) is 26.3 Å². The van der Waals surface area contributed by atoms with Crippen molar-refractivity contribution in [2.45, 2.75) is 4.90 Å². The Labute approximate surface area is 104 Å². The first-order chi connectivity index (χ1) is 8.55. The third kappa shape index (κ3) is 2.38. The van der Waals surface area contributed by atoms with Gasteiger partial charge in [-0.2, -0.15) is 4.31 Å². The first-order valence-corrected chi connectivity index (χ1v) is 6.77. The lowest BCUT2D eigenvalue weighted by Crippen LogP contribution is -2.40. The molecule has 0 spiro atoms. The maximum Gasteiger partial charge on any atom is 0.281 e. The summed E-state index contributed by atoms with van der Waals surface area (Å²) in [5.41, 5.74) is 2.03. The molecule has 18 heavy (non-hydrogen) atoms. The number of nitrogens with two attached hydrogens (primary N) is 1. The molecule has 0 bridgehead atoms. The van der Waals surface area contributed by atoms with Crippen LogP contribution in [0.1, 0.15) is 10.5 Å². The van der Waals surface area contributed by atoms with E-state index in [9.17, 15) is 13.2 Å². The topological polar surface area (TPSA) is 118 Å². The van der Waals surface area contributed by atoms with Gasteiger partial charge in [0.25, 0.3) is 5.91 Å². The average Bonchev–Trinajstić information content (AvgIpc) is 2.89. The Kier molecular flexibility index (Phi) is 3.66. The first kappa shape index (κ1) is 13.0. The number of aromatic amines is 1.